The molecule has 0 amide bonds. The van der Waals surface area contributed by atoms with Crippen LogP contribution in [0.1, 0.15) is 45.3 Å². The summed E-state index contributed by atoms with van der Waals surface area (Å²) in [7, 11) is 0. The fourth-order valence-electron chi connectivity index (χ4n) is 2.22. The average Bonchev–Trinajstić information content (AvgIpc) is 2.38. The van der Waals surface area contributed by atoms with E-state index in [4.69, 9.17) is 0 Å². The van der Waals surface area contributed by atoms with Crippen LogP contribution in [-0.2, 0) is 0 Å². The molecule has 0 bridgehead atoms. The van der Waals surface area contributed by atoms with Gasteiger partial charge in [-0.15, -0.1) is 0 Å². The predicted molar refractivity (Wildman–Crippen MR) is 73.0 cm³/mol. The van der Waals surface area contributed by atoms with Crippen molar-refractivity contribution in [2.45, 2.75) is 45.8 Å². The van der Waals surface area contributed by atoms with E-state index in [0.29, 0.717) is 0 Å². The van der Waals surface area contributed by atoms with Crippen molar-refractivity contribution in [1.29, 1.82) is 0 Å². The Bertz CT molecular complexity index is 293. The summed E-state index contributed by atoms with van der Waals surface area (Å²) in [5.74, 6) is 0. The molecule has 1 aromatic rings. The topological polar surface area (TPSA) is 23.5 Å². The van der Waals surface area contributed by atoms with E-state index >= 15 is 0 Å². The zero-order chi connectivity index (χ0) is 12.7. The molecule has 1 aromatic carbocycles. The number of aliphatic hydroxyl groups is 1. The lowest BCUT2D eigenvalue weighted by molar-refractivity contribution is 0.0577. The Morgan fingerprint density at radius 3 is 2.06 bits per heavy atom. The maximum atomic E-state index is 10.4. The van der Waals surface area contributed by atoms with Crippen LogP contribution in [0.3, 0.4) is 0 Å². The molecular weight excluding hydrogens is 210 g/mol. The molecule has 0 fully saturated rings. The van der Waals surface area contributed by atoms with Crippen molar-refractivity contribution < 1.29 is 5.11 Å². The van der Waals surface area contributed by atoms with Gasteiger partial charge < -0.3 is 5.11 Å². The summed E-state index contributed by atoms with van der Waals surface area (Å²) in [5.41, 5.74) is 1.01. The van der Waals surface area contributed by atoms with Crippen molar-refractivity contribution >= 4 is 0 Å². The summed E-state index contributed by atoms with van der Waals surface area (Å²) in [5, 5.41) is 10.4. The first-order chi connectivity index (χ1) is 8.20. The van der Waals surface area contributed by atoms with E-state index in [1.54, 1.807) is 0 Å². The van der Waals surface area contributed by atoms with E-state index in [9.17, 15) is 5.11 Å². The Hall–Kier alpha value is -0.860. The Balaban J connectivity index is 2.69. The van der Waals surface area contributed by atoms with Crippen LogP contribution in [0.5, 0.6) is 0 Å². The van der Waals surface area contributed by atoms with Gasteiger partial charge in [-0.3, -0.25) is 4.90 Å². The molecule has 0 aromatic heterocycles. The van der Waals surface area contributed by atoms with Gasteiger partial charge in [0.25, 0.3) is 0 Å². The zero-order valence-electron chi connectivity index (χ0n) is 11.3. The molecule has 1 N–H and O–H groups in total. The summed E-state index contributed by atoms with van der Waals surface area (Å²) in [4.78, 5) is 2.37. The second-order valence-electron chi connectivity index (χ2n) is 4.63. The molecule has 0 heterocycles. The van der Waals surface area contributed by atoms with Crippen molar-refractivity contribution in [3.05, 3.63) is 35.9 Å². The fourth-order valence-corrected chi connectivity index (χ4v) is 2.22. The van der Waals surface area contributed by atoms with Gasteiger partial charge in [0, 0.05) is 6.04 Å². The first-order valence-corrected chi connectivity index (χ1v) is 6.67. The molecular formula is C15H25NO. The minimum Gasteiger partial charge on any atom is -0.387 e. The first-order valence-electron chi connectivity index (χ1n) is 6.67. The van der Waals surface area contributed by atoms with Crippen LogP contribution in [-0.4, -0.2) is 29.1 Å². The van der Waals surface area contributed by atoms with Crippen molar-refractivity contribution in [3.8, 4) is 0 Å². The van der Waals surface area contributed by atoms with Crippen molar-refractivity contribution in [3.63, 3.8) is 0 Å². The molecule has 1 rings (SSSR count). The summed E-state index contributed by atoms with van der Waals surface area (Å²) in [6.45, 7) is 8.59. The van der Waals surface area contributed by atoms with Gasteiger partial charge in [-0.25, -0.2) is 0 Å². The number of aliphatic hydroxyl groups excluding tert-OH is 1. The Labute approximate surface area is 105 Å². The van der Waals surface area contributed by atoms with Crippen LogP contribution in [0, 0.1) is 0 Å². The van der Waals surface area contributed by atoms with E-state index in [0.717, 1.165) is 31.5 Å². The minimum absolute atomic E-state index is 0.178. The maximum Gasteiger partial charge on any atom is 0.0942 e. The van der Waals surface area contributed by atoms with E-state index in [-0.39, 0.29) is 6.04 Å². The van der Waals surface area contributed by atoms with Gasteiger partial charge in [0.05, 0.1) is 6.10 Å². The fraction of sp³-hybridized carbons (Fsp3) is 0.600. The van der Waals surface area contributed by atoms with Gasteiger partial charge in [-0.1, -0.05) is 44.2 Å². The summed E-state index contributed by atoms with van der Waals surface area (Å²) in [6.07, 6.45) is 1.87. The van der Waals surface area contributed by atoms with Crippen LogP contribution >= 0.6 is 0 Å². The summed E-state index contributed by atoms with van der Waals surface area (Å²) in [6, 6.07) is 10.1. The molecule has 96 valence electrons. The molecule has 0 saturated carbocycles. The Kier molecular flexibility index (Phi) is 6.23. The highest BCUT2D eigenvalue weighted by Gasteiger charge is 2.21. The van der Waals surface area contributed by atoms with E-state index < -0.39 is 6.10 Å². The lowest BCUT2D eigenvalue weighted by Crippen LogP contribution is -2.38. The normalized spacial score (nSPS) is 14.9. The second-order valence-corrected chi connectivity index (χ2v) is 4.63. The average molecular weight is 235 g/mol. The predicted octanol–water partition coefficient (Wildman–Crippen LogP) is 3.23. The molecule has 2 atom stereocenters. The number of hydrogen-bond acceptors (Lipinski definition) is 2. The number of nitrogens with zero attached hydrogens (tertiary/aromatic N) is 1. The molecule has 0 aliphatic carbocycles. The second kappa shape index (κ2) is 7.46. The van der Waals surface area contributed by atoms with Gasteiger partial charge >= 0.3 is 0 Å². The van der Waals surface area contributed by atoms with Gasteiger partial charge in [-0.2, -0.15) is 0 Å². The molecule has 0 aliphatic rings. The highest BCUT2D eigenvalue weighted by atomic mass is 16.3. The molecule has 0 radical (unpaired) electrons. The minimum atomic E-state index is -0.394. The quantitative estimate of drug-likeness (QED) is 0.784. The van der Waals surface area contributed by atoms with Crippen LogP contribution in [0.4, 0.5) is 0 Å². The highest BCUT2D eigenvalue weighted by Crippen LogP contribution is 2.20. The molecule has 0 spiro atoms. The van der Waals surface area contributed by atoms with Crippen LogP contribution in [0.2, 0.25) is 0 Å². The van der Waals surface area contributed by atoms with E-state index in [1.165, 1.54) is 0 Å². The van der Waals surface area contributed by atoms with Crippen LogP contribution in [0.25, 0.3) is 0 Å². The van der Waals surface area contributed by atoms with E-state index in [1.807, 2.05) is 30.3 Å². The Morgan fingerprint density at radius 2 is 1.59 bits per heavy atom. The molecule has 0 aliphatic heterocycles. The van der Waals surface area contributed by atoms with Gasteiger partial charge in [0.15, 0.2) is 0 Å². The van der Waals surface area contributed by atoms with E-state index in [2.05, 4.69) is 25.7 Å². The number of benzene rings is 1. The SMILES string of the molecule is CCCN(CCC)[C@H](C)[C@@H](O)c1ccccc1. The molecule has 0 unspecified atom stereocenters. The molecule has 2 heteroatoms. The summed E-state index contributed by atoms with van der Waals surface area (Å²) >= 11 is 0. The monoisotopic (exact) mass is 235 g/mol. The molecule has 2 nitrogen and oxygen atoms in total. The third-order valence-electron chi connectivity index (χ3n) is 3.20. The number of hydrogen-bond donors (Lipinski definition) is 1. The third kappa shape index (κ3) is 4.14. The molecule has 17 heavy (non-hydrogen) atoms. The first kappa shape index (κ1) is 14.2. The largest absolute Gasteiger partial charge is 0.387 e. The standard InChI is InChI=1S/C15H25NO/c1-4-11-16(12-5-2)13(3)15(17)14-9-7-6-8-10-14/h6-10,13,15,17H,4-5,11-12H2,1-3H3/t13-,15-/m1/s1. The lowest BCUT2D eigenvalue weighted by atomic mass is 10.0. The van der Waals surface area contributed by atoms with Crippen LogP contribution < -0.4 is 0 Å². The third-order valence-corrected chi connectivity index (χ3v) is 3.20. The molecule has 0 saturated heterocycles. The number of rotatable bonds is 7. The highest BCUT2D eigenvalue weighted by molar-refractivity contribution is 5.18. The zero-order valence-corrected chi connectivity index (χ0v) is 11.3. The Morgan fingerprint density at radius 1 is 1.06 bits per heavy atom. The van der Waals surface area contributed by atoms with Crippen LogP contribution in [0.15, 0.2) is 30.3 Å². The summed E-state index contributed by atoms with van der Waals surface area (Å²) < 4.78 is 0. The van der Waals surface area contributed by atoms with Gasteiger partial charge in [0.2, 0.25) is 0 Å². The van der Waals surface area contributed by atoms with Gasteiger partial charge in [0.1, 0.15) is 0 Å². The van der Waals surface area contributed by atoms with Crippen molar-refractivity contribution in [2.24, 2.45) is 0 Å². The smallest absolute Gasteiger partial charge is 0.0942 e. The van der Waals surface area contributed by atoms with Gasteiger partial charge in [-0.05, 0) is 38.4 Å². The van der Waals surface area contributed by atoms with Crippen molar-refractivity contribution in [1.82, 2.24) is 4.90 Å². The lowest BCUT2D eigenvalue weighted by Gasteiger charge is -2.32. The maximum absolute atomic E-state index is 10.4. The van der Waals surface area contributed by atoms with Crippen molar-refractivity contribution in [2.75, 3.05) is 13.1 Å².